The van der Waals surface area contributed by atoms with Crippen LogP contribution in [-0.2, 0) is 77.1 Å². The van der Waals surface area contributed by atoms with E-state index in [4.69, 9.17) is 0 Å². The van der Waals surface area contributed by atoms with Crippen LogP contribution in [0.3, 0.4) is 0 Å². The molecular formula is CrFeNiZr. The van der Waals surface area contributed by atoms with Gasteiger partial charge in [0.25, 0.3) is 0 Å². The second kappa shape index (κ2) is 18.1. The first-order chi connectivity index (χ1) is 0. The topological polar surface area (TPSA) is 0 Å². The second-order valence-corrected chi connectivity index (χ2v) is 0. The molecule has 0 unspecified atom stereocenters. The van der Waals surface area contributed by atoms with Crippen molar-refractivity contribution in [3.8, 4) is 0 Å². The van der Waals surface area contributed by atoms with E-state index in [1.54, 1.807) is 0 Å². The third kappa shape index (κ3) is 8.83. The molecule has 0 fully saturated rings. The van der Waals surface area contributed by atoms with Crippen molar-refractivity contribution in [2.75, 3.05) is 0 Å². The van der Waals surface area contributed by atoms with Crippen LogP contribution in [0.4, 0.5) is 0 Å². The summed E-state index contributed by atoms with van der Waals surface area (Å²) in [5, 5.41) is 0. The molecule has 0 rings (SSSR count). The molecular weight excluding hydrogens is 258 g/mol. The summed E-state index contributed by atoms with van der Waals surface area (Å²) >= 11 is 0. The largest absolute Gasteiger partial charge is 0 e. The summed E-state index contributed by atoms with van der Waals surface area (Å²) < 4.78 is 0. The summed E-state index contributed by atoms with van der Waals surface area (Å²) in [5.74, 6) is 0. The van der Waals surface area contributed by atoms with Crippen molar-refractivity contribution in [1.82, 2.24) is 0 Å². The molecule has 0 aliphatic rings. The van der Waals surface area contributed by atoms with E-state index in [-0.39, 0.29) is 77.1 Å². The molecule has 0 aromatic carbocycles. The molecule has 0 heterocycles. The van der Waals surface area contributed by atoms with Gasteiger partial charge in [-0.05, 0) is 0 Å². The van der Waals surface area contributed by atoms with Gasteiger partial charge in [0.1, 0.15) is 0 Å². The average molecular weight is 258 g/mol. The molecule has 4 heavy (non-hydrogen) atoms. The van der Waals surface area contributed by atoms with Crippen LogP contribution < -0.4 is 0 Å². The Morgan fingerprint density at radius 1 is 1.00 bits per heavy atom. The number of hydrogen-bond donors (Lipinski definition) is 0. The van der Waals surface area contributed by atoms with E-state index < -0.39 is 0 Å². The Labute approximate surface area is 76.1 Å². The van der Waals surface area contributed by atoms with Gasteiger partial charge < -0.3 is 0 Å². The summed E-state index contributed by atoms with van der Waals surface area (Å²) in [6.45, 7) is 0. The quantitative estimate of drug-likeness (QED) is 0.536. The molecule has 0 bridgehead atoms. The first-order valence-corrected chi connectivity index (χ1v) is 0. The van der Waals surface area contributed by atoms with E-state index in [0.717, 1.165) is 0 Å². The predicted octanol–water partition coefficient (Wildman–Crippen LogP) is -0.0100. The van der Waals surface area contributed by atoms with Crippen molar-refractivity contribution in [1.29, 1.82) is 0 Å². The Morgan fingerprint density at radius 2 is 1.00 bits per heavy atom. The van der Waals surface area contributed by atoms with Gasteiger partial charge in [-0.2, -0.15) is 0 Å². The standard InChI is InChI=1S/Cr.Fe.Ni.Zr. The second-order valence-electron chi connectivity index (χ2n) is 0. The van der Waals surface area contributed by atoms with Gasteiger partial charge >= 0.3 is 0 Å². The van der Waals surface area contributed by atoms with Gasteiger partial charge in [-0.15, -0.1) is 0 Å². The molecule has 0 aliphatic heterocycles. The van der Waals surface area contributed by atoms with Gasteiger partial charge in [0, 0.05) is 77.1 Å². The van der Waals surface area contributed by atoms with Crippen molar-refractivity contribution in [3.63, 3.8) is 0 Å². The van der Waals surface area contributed by atoms with Gasteiger partial charge in [-0.25, -0.2) is 0 Å². The van der Waals surface area contributed by atoms with Gasteiger partial charge in [-0.3, -0.25) is 0 Å². The minimum absolute atomic E-state index is 0. The fraction of sp³-hybridized carbons (Fsp3) is 0. The summed E-state index contributed by atoms with van der Waals surface area (Å²) in [7, 11) is 0. The Hall–Kier alpha value is 2.43. The number of rotatable bonds is 0. The van der Waals surface area contributed by atoms with Crippen LogP contribution in [-0.4, -0.2) is 0 Å². The zero-order valence-electron chi connectivity index (χ0n) is 1.58. The van der Waals surface area contributed by atoms with Crippen molar-refractivity contribution in [2.24, 2.45) is 0 Å². The Bertz CT molecular complexity index is 8.00. The van der Waals surface area contributed by atoms with Crippen LogP contribution in [0.5, 0.6) is 0 Å². The van der Waals surface area contributed by atoms with E-state index in [2.05, 4.69) is 0 Å². The molecule has 0 saturated carbocycles. The smallest absolute Gasteiger partial charge is 0 e. The predicted molar refractivity (Wildman–Crippen MR) is 0 cm³/mol. The Balaban J connectivity index is 0. The van der Waals surface area contributed by atoms with Gasteiger partial charge in [0.05, 0.1) is 0 Å². The van der Waals surface area contributed by atoms with Gasteiger partial charge in [-0.1, -0.05) is 0 Å². The molecule has 0 aromatic rings. The van der Waals surface area contributed by atoms with E-state index in [9.17, 15) is 0 Å². The Kier molecular flexibility index (Phi) is 145. The van der Waals surface area contributed by atoms with Crippen LogP contribution >= 0.6 is 0 Å². The summed E-state index contributed by atoms with van der Waals surface area (Å²) in [5.41, 5.74) is 0. The van der Waals surface area contributed by atoms with Crippen LogP contribution in [0.2, 0.25) is 0 Å². The van der Waals surface area contributed by atoms with E-state index in [0.29, 0.717) is 0 Å². The fourth-order valence-electron chi connectivity index (χ4n) is 0. The summed E-state index contributed by atoms with van der Waals surface area (Å²) in [4.78, 5) is 0. The fourth-order valence-corrected chi connectivity index (χ4v) is 0. The van der Waals surface area contributed by atoms with Gasteiger partial charge in [0.15, 0.2) is 0 Å². The average Bonchev–Trinajstić information content (AvgIpc) is 0. The maximum absolute atomic E-state index is 0. The molecule has 0 spiro atoms. The molecule has 0 radical (unpaired) electrons. The monoisotopic (exact) mass is 256 g/mol. The molecule has 4 heteroatoms. The first kappa shape index (κ1) is 32.1. The molecule has 0 nitrogen and oxygen atoms in total. The number of hydrogen-bond acceptors (Lipinski definition) is 0. The van der Waals surface area contributed by atoms with Crippen molar-refractivity contribution in [3.05, 3.63) is 0 Å². The Morgan fingerprint density at radius 3 is 1.00 bits per heavy atom. The third-order valence-electron chi connectivity index (χ3n) is 0. The van der Waals surface area contributed by atoms with Gasteiger partial charge in [0.2, 0.25) is 0 Å². The van der Waals surface area contributed by atoms with Crippen LogP contribution in [0, 0.1) is 0 Å². The third-order valence-corrected chi connectivity index (χ3v) is 0. The van der Waals surface area contributed by atoms with Crippen LogP contribution in [0.1, 0.15) is 0 Å². The minimum atomic E-state index is 0. The van der Waals surface area contributed by atoms with Crippen molar-refractivity contribution < 1.29 is 77.1 Å². The summed E-state index contributed by atoms with van der Waals surface area (Å²) in [6, 6.07) is 0. The molecule has 0 aliphatic carbocycles. The SMILES string of the molecule is [Cr].[Fe].[Ni].[Zr]. The van der Waals surface area contributed by atoms with Crippen molar-refractivity contribution >= 4 is 0 Å². The molecule has 0 saturated heterocycles. The first-order valence-electron chi connectivity index (χ1n) is 0. The summed E-state index contributed by atoms with van der Waals surface area (Å²) in [6.07, 6.45) is 0. The molecule has 0 aromatic heterocycles. The van der Waals surface area contributed by atoms with Crippen LogP contribution in [0.25, 0.3) is 0 Å². The maximum atomic E-state index is 0. The zero-order chi connectivity index (χ0) is 0. The van der Waals surface area contributed by atoms with E-state index >= 15 is 0 Å². The van der Waals surface area contributed by atoms with Crippen molar-refractivity contribution in [2.45, 2.75) is 0 Å². The molecule has 0 N–H and O–H groups in total. The molecule has 0 atom stereocenters. The molecule has 28 valence electrons. The maximum Gasteiger partial charge on any atom is 0 e. The zero-order valence-corrected chi connectivity index (χ0v) is 7.40. The van der Waals surface area contributed by atoms with E-state index in [1.165, 1.54) is 0 Å². The minimum Gasteiger partial charge on any atom is 0 e. The van der Waals surface area contributed by atoms with E-state index in [1.807, 2.05) is 0 Å². The van der Waals surface area contributed by atoms with Crippen LogP contribution in [0.15, 0.2) is 0 Å². The molecule has 0 amide bonds. The normalized spacial score (nSPS) is 0.